The zero-order valence-corrected chi connectivity index (χ0v) is 8.99. The third-order valence-corrected chi connectivity index (χ3v) is 2.72. The Hall–Kier alpha value is -1.14. The molecule has 86 valence electrons. The number of imide groups is 1. The largest absolute Gasteiger partial charge is 0.390 e. The van der Waals surface area contributed by atoms with E-state index in [0.717, 1.165) is 4.90 Å². The molecule has 0 aromatic heterocycles. The van der Waals surface area contributed by atoms with Crippen LogP contribution in [-0.2, 0) is 4.79 Å². The first-order valence-corrected chi connectivity index (χ1v) is 4.97. The van der Waals surface area contributed by atoms with Gasteiger partial charge >= 0.3 is 6.03 Å². The van der Waals surface area contributed by atoms with Gasteiger partial charge in [-0.1, -0.05) is 6.92 Å². The highest BCUT2D eigenvalue weighted by molar-refractivity contribution is 6.06. The third-order valence-electron chi connectivity index (χ3n) is 2.72. The van der Waals surface area contributed by atoms with Crippen molar-refractivity contribution in [1.29, 1.82) is 0 Å². The summed E-state index contributed by atoms with van der Waals surface area (Å²) in [6.45, 7) is 3.47. The molecule has 3 amide bonds. The van der Waals surface area contributed by atoms with Crippen molar-refractivity contribution in [2.75, 3.05) is 13.1 Å². The highest BCUT2D eigenvalue weighted by Gasteiger charge is 2.46. The highest BCUT2D eigenvalue weighted by atomic mass is 16.3. The van der Waals surface area contributed by atoms with Crippen molar-refractivity contribution in [1.82, 2.24) is 10.2 Å². The number of aliphatic hydroxyl groups excluding tert-OH is 1. The molecule has 6 heteroatoms. The second-order valence-corrected chi connectivity index (χ2v) is 3.92. The van der Waals surface area contributed by atoms with E-state index < -0.39 is 17.7 Å². The number of urea groups is 1. The van der Waals surface area contributed by atoms with Crippen molar-refractivity contribution >= 4 is 11.9 Å². The summed E-state index contributed by atoms with van der Waals surface area (Å²) in [4.78, 5) is 24.3. The molecule has 0 bridgehead atoms. The SMILES string of the molecule is CCC1(C)NC(=O)N(CC(O)CN)C1=O. The quantitative estimate of drug-likeness (QED) is 0.525. The summed E-state index contributed by atoms with van der Waals surface area (Å²) in [6.07, 6.45) is -0.341. The van der Waals surface area contributed by atoms with E-state index in [9.17, 15) is 14.7 Å². The molecule has 2 unspecified atom stereocenters. The van der Waals surface area contributed by atoms with Crippen LogP contribution >= 0.6 is 0 Å². The third kappa shape index (κ3) is 2.10. The van der Waals surface area contributed by atoms with Crippen molar-refractivity contribution in [3.05, 3.63) is 0 Å². The maximum absolute atomic E-state index is 11.8. The lowest BCUT2D eigenvalue weighted by Gasteiger charge is -2.20. The van der Waals surface area contributed by atoms with E-state index in [0.29, 0.717) is 6.42 Å². The summed E-state index contributed by atoms with van der Waals surface area (Å²) in [5.74, 6) is -0.303. The molecule has 0 spiro atoms. The van der Waals surface area contributed by atoms with Gasteiger partial charge in [0.05, 0.1) is 12.6 Å². The van der Waals surface area contributed by atoms with E-state index in [1.807, 2.05) is 6.92 Å². The van der Waals surface area contributed by atoms with Crippen LogP contribution in [0.25, 0.3) is 0 Å². The average Bonchev–Trinajstić information content (AvgIpc) is 2.42. The zero-order chi connectivity index (χ0) is 11.6. The van der Waals surface area contributed by atoms with Gasteiger partial charge in [-0.2, -0.15) is 0 Å². The minimum atomic E-state index is -0.862. The predicted molar refractivity (Wildman–Crippen MR) is 54.0 cm³/mol. The molecule has 0 saturated carbocycles. The summed E-state index contributed by atoms with van der Waals surface area (Å²) in [6, 6.07) is -0.461. The Labute approximate surface area is 88.4 Å². The Bertz CT molecular complexity index is 282. The van der Waals surface area contributed by atoms with E-state index in [-0.39, 0.29) is 19.0 Å². The number of rotatable bonds is 4. The molecule has 1 aliphatic heterocycles. The fourth-order valence-electron chi connectivity index (χ4n) is 1.44. The van der Waals surface area contributed by atoms with Gasteiger partial charge in [0.15, 0.2) is 0 Å². The van der Waals surface area contributed by atoms with Crippen LogP contribution in [0.15, 0.2) is 0 Å². The van der Waals surface area contributed by atoms with Gasteiger partial charge in [-0.15, -0.1) is 0 Å². The Morgan fingerprint density at radius 3 is 2.60 bits per heavy atom. The molecule has 1 rings (SSSR count). The van der Waals surface area contributed by atoms with Crippen molar-refractivity contribution in [2.24, 2.45) is 5.73 Å². The first kappa shape index (κ1) is 11.9. The number of carbonyl (C=O) groups is 2. The summed E-state index contributed by atoms with van der Waals surface area (Å²) >= 11 is 0. The molecule has 0 radical (unpaired) electrons. The summed E-state index contributed by atoms with van der Waals surface area (Å²) < 4.78 is 0. The van der Waals surface area contributed by atoms with E-state index in [1.165, 1.54) is 0 Å². The number of nitrogens with two attached hydrogens (primary N) is 1. The number of amides is 3. The van der Waals surface area contributed by atoms with Gasteiger partial charge in [-0.05, 0) is 13.3 Å². The number of carbonyl (C=O) groups excluding carboxylic acids is 2. The number of β-amino-alcohol motifs (C(OH)–C–C–N with tert-alkyl or cyclic N) is 1. The Morgan fingerprint density at radius 1 is 1.60 bits per heavy atom. The Balaban J connectivity index is 2.76. The zero-order valence-electron chi connectivity index (χ0n) is 8.99. The minimum Gasteiger partial charge on any atom is -0.390 e. The normalized spacial score (nSPS) is 28.1. The van der Waals surface area contributed by atoms with Gasteiger partial charge in [0.25, 0.3) is 5.91 Å². The van der Waals surface area contributed by atoms with Gasteiger partial charge in [-0.3, -0.25) is 9.69 Å². The molecule has 0 aromatic carbocycles. The fraction of sp³-hybridized carbons (Fsp3) is 0.778. The van der Waals surface area contributed by atoms with Crippen LogP contribution in [0.1, 0.15) is 20.3 Å². The van der Waals surface area contributed by atoms with Crippen LogP contribution < -0.4 is 11.1 Å². The van der Waals surface area contributed by atoms with E-state index in [4.69, 9.17) is 5.73 Å². The molecule has 1 heterocycles. The first-order valence-electron chi connectivity index (χ1n) is 4.97. The van der Waals surface area contributed by atoms with E-state index in [1.54, 1.807) is 6.92 Å². The van der Waals surface area contributed by atoms with Crippen molar-refractivity contribution in [3.8, 4) is 0 Å². The molecular weight excluding hydrogens is 198 g/mol. The highest BCUT2D eigenvalue weighted by Crippen LogP contribution is 2.20. The lowest BCUT2D eigenvalue weighted by molar-refractivity contribution is -0.131. The van der Waals surface area contributed by atoms with Crippen LogP contribution in [0.4, 0.5) is 4.79 Å². The van der Waals surface area contributed by atoms with Crippen molar-refractivity contribution < 1.29 is 14.7 Å². The second-order valence-electron chi connectivity index (χ2n) is 3.92. The van der Waals surface area contributed by atoms with Gasteiger partial charge < -0.3 is 16.2 Å². The first-order chi connectivity index (χ1) is 6.94. The molecule has 4 N–H and O–H groups in total. The summed E-state index contributed by atoms with van der Waals surface area (Å²) in [5, 5.41) is 11.9. The number of nitrogens with one attached hydrogen (secondary N) is 1. The molecular formula is C9H17N3O3. The molecule has 0 aromatic rings. The molecule has 15 heavy (non-hydrogen) atoms. The molecule has 0 aliphatic carbocycles. The van der Waals surface area contributed by atoms with Crippen LogP contribution in [0.3, 0.4) is 0 Å². The van der Waals surface area contributed by atoms with Gasteiger partial charge in [0, 0.05) is 6.54 Å². The lowest BCUT2D eigenvalue weighted by Crippen LogP contribution is -2.44. The van der Waals surface area contributed by atoms with Crippen molar-refractivity contribution in [2.45, 2.75) is 31.9 Å². The van der Waals surface area contributed by atoms with Crippen LogP contribution in [0.2, 0.25) is 0 Å². The molecule has 1 aliphatic rings. The van der Waals surface area contributed by atoms with Crippen molar-refractivity contribution in [3.63, 3.8) is 0 Å². The smallest absolute Gasteiger partial charge is 0.325 e. The van der Waals surface area contributed by atoms with Gasteiger partial charge in [0.2, 0.25) is 0 Å². The number of hydrogen-bond acceptors (Lipinski definition) is 4. The fourth-order valence-corrected chi connectivity index (χ4v) is 1.44. The van der Waals surface area contributed by atoms with Crippen LogP contribution in [0.5, 0.6) is 0 Å². The predicted octanol–water partition coefficient (Wildman–Crippen LogP) is -0.973. The second kappa shape index (κ2) is 4.16. The minimum absolute atomic E-state index is 0.0277. The topological polar surface area (TPSA) is 95.7 Å². The summed E-state index contributed by atoms with van der Waals surface area (Å²) in [7, 11) is 0. The Morgan fingerprint density at radius 2 is 2.20 bits per heavy atom. The van der Waals surface area contributed by atoms with Crippen LogP contribution in [-0.4, -0.2) is 46.7 Å². The Kier molecular flexibility index (Phi) is 3.31. The van der Waals surface area contributed by atoms with E-state index >= 15 is 0 Å². The van der Waals surface area contributed by atoms with Gasteiger partial charge in [-0.25, -0.2) is 4.79 Å². The number of aliphatic hydroxyl groups is 1. The number of hydrogen-bond donors (Lipinski definition) is 3. The number of nitrogens with zero attached hydrogens (tertiary/aromatic N) is 1. The van der Waals surface area contributed by atoms with Crippen LogP contribution in [0, 0.1) is 0 Å². The summed E-state index contributed by atoms with van der Waals surface area (Å²) in [5.41, 5.74) is 4.38. The monoisotopic (exact) mass is 215 g/mol. The molecule has 6 nitrogen and oxygen atoms in total. The van der Waals surface area contributed by atoms with E-state index in [2.05, 4.69) is 5.32 Å². The molecule has 1 fully saturated rings. The molecule has 1 saturated heterocycles. The van der Waals surface area contributed by atoms with Gasteiger partial charge in [0.1, 0.15) is 5.54 Å². The maximum atomic E-state index is 11.8. The standard InChI is InChI=1S/C9H17N3O3/c1-3-9(2)7(14)12(8(15)11-9)5-6(13)4-10/h6,13H,3-5,10H2,1-2H3,(H,11,15). The average molecular weight is 215 g/mol. The molecule has 2 atom stereocenters. The lowest BCUT2D eigenvalue weighted by atomic mass is 9.99. The maximum Gasteiger partial charge on any atom is 0.325 e.